The fourth-order valence-electron chi connectivity index (χ4n) is 3.39. The highest BCUT2D eigenvalue weighted by molar-refractivity contribution is 6.33. The van der Waals surface area contributed by atoms with Crippen molar-refractivity contribution in [2.24, 2.45) is 5.41 Å². The summed E-state index contributed by atoms with van der Waals surface area (Å²) in [6.45, 7) is 4.71. The van der Waals surface area contributed by atoms with Crippen molar-refractivity contribution in [1.82, 2.24) is 5.32 Å². The van der Waals surface area contributed by atoms with E-state index in [2.05, 4.69) is 22.3 Å². The lowest BCUT2D eigenvalue weighted by molar-refractivity contribution is 0.155. The Hall–Kier alpha value is -0.730. The molecule has 0 aliphatic carbocycles. The molecule has 0 radical (unpaired) electrons. The number of para-hydroxylation sites is 1. The fourth-order valence-corrected chi connectivity index (χ4v) is 3.64. The van der Waals surface area contributed by atoms with Gasteiger partial charge in [-0.3, -0.25) is 0 Å². The van der Waals surface area contributed by atoms with Gasteiger partial charge in [0.1, 0.15) is 0 Å². The zero-order valence-corrected chi connectivity index (χ0v) is 11.5. The standard InChI is InChI=1S/C15H21ClN2/c16-13-3-1-2-4-14(13)18-11-7-15(8-12-18)5-9-17-10-6-15/h1-4,17H,5-12H2. The Morgan fingerprint density at radius 1 is 1.00 bits per heavy atom. The Kier molecular flexibility index (Phi) is 3.49. The zero-order chi connectivity index (χ0) is 12.4. The molecule has 3 heteroatoms. The number of benzene rings is 1. The first-order valence-electron chi connectivity index (χ1n) is 6.99. The maximum Gasteiger partial charge on any atom is 0.0639 e. The Morgan fingerprint density at radius 3 is 2.33 bits per heavy atom. The van der Waals surface area contributed by atoms with Gasteiger partial charge in [-0.1, -0.05) is 23.7 Å². The second kappa shape index (κ2) is 5.10. The van der Waals surface area contributed by atoms with E-state index >= 15 is 0 Å². The minimum absolute atomic E-state index is 0.614. The first kappa shape index (κ1) is 12.3. The van der Waals surface area contributed by atoms with Crippen molar-refractivity contribution < 1.29 is 0 Å². The van der Waals surface area contributed by atoms with Crippen molar-refractivity contribution in [2.75, 3.05) is 31.1 Å². The molecule has 1 aromatic rings. The molecular formula is C15H21ClN2. The average Bonchev–Trinajstić information content (AvgIpc) is 2.42. The van der Waals surface area contributed by atoms with E-state index in [9.17, 15) is 0 Å². The molecule has 3 rings (SSSR count). The third-order valence-corrected chi connectivity index (χ3v) is 5.00. The summed E-state index contributed by atoms with van der Waals surface area (Å²) in [5.41, 5.74) is 1.83. The molecule has 2 heterocycles. The summed E-state index contributed by atoms with van der Waals surface area (Å²) in [6, 6.07) is 8.22. The van der Waals surface area contributed by atoms with E-state index in [1.54, 1.807) is 0 Å². The summed E-state index contributed by atoms with van der Waals surface area (Å²) in [5, 5.41) is 4.36. The van der Waals surface area contributed by atoms with Gasteiger partial charge >= 0.3 is 0 Å². The molecule has 2 aliphatic heterocycles. The van der Waals surface area contributed by atoms with Crippen LogP contribution in [0.4, 0.5) is 5.69 Å². The molecule has 2 aliphatic rings. The van der Waals surface area contributed by atoms with Crippen molar-refractivity contribution in [3.63, 3.8) is 0 Å². The van der Waals surface area contributed by atoms with Crippen molar-refractivity contribution in [2.45, 2.75) is 25.7 Å². The van der Waals surface area contributed by atoms with Crippen LogP contribution < -0.4 is 10.2 Å². The molecule has 0 aromatic heterocycles. The minimum Gasteiger partial charge on any atom is -0.370 e. The number of halogens is 1. The molecule has 2 nitrogen and oxygen atoms in total. The van der Waals surface area contributed by atoms with Gasteiger partial charge in [-0.25, -0.2) is 0 Å². The van der Waals surface area contributed by atoms with Crippen LogP contribution in [0.3, 0.4) is 0 Å². The minimum atomic E-state index is 0.614. The first-order valence-corrected chi connectivity index (χ1v) is 7.37. The van der Waals surface area contributed by atoms with Crippen LogP contribution in [0.2, 0.25) is 5.02 Å². The molecule has 18 heavy (non-hydrogen) atoms. The van der Waals surface area contributed by atoms with Crippen LogP contribution >= 0.6 is 11.6 Å². The number of nitrogens with zero attached hydrogens (tertiary/aromatic N) is 1. The second-order valence-electron chi connectivity index (χ2n) is 5.69. The Balaban J connectivity index is 1.68. The van der Waals surface area contributed by atoms with Crippen LogP contribution in [-0.2, 0) is 0 Å². The fraction of sp³-hybridized carbons (Fsp3) is 0.600. The monoisotopic (exact) mass is 264 g/mol. The van der Waals surface area contributed by atoms with Gasteiger partial charge in [-0.05, 0) is 56.3 Å². The summed E-state index contributed by atoms with van der Waals surface area (Å²) >= 11 is 6.28. The van der Waals surface area contributed by atoms with E-state index in [1.807, 2.05) is 12.1 Å². The molecule has 1 N–H and O–H groups in total. The summed E-state index contributed by atoms with van der Waals surface area (Å²) in [6.07, 6.45) is 5.34. The summed E-state index contributed by atoms with van der Waals surface area (Å²) in [7, 11) is 0. The topological polar surface area (TPSA) is 15.3 Å². The number of nitrogens with one attached hydrogen (secondary N) is 1. The average molecular weight is 265 g/mol. The van der Waals surface area contributed by atoms with E-state index < -0.39 is 0 Å². The second-order valence-corrected chi connectivity index (χ2v) is 6.10. The largest absolute Gasteiger partial charge is 0.370 e. The van der Waals surface area contributed by atoms with Gasteiger partial charge in [0, 0.05) is 13.1 Å². The molecule has 0 amide bonds. The molecule has 2 fully saturated rings. The third kappa shape index (κ3) is 2.36. The lowest BCUT2D eigenvalue weighted by Crippen LogP contribution is -2.45. The van der Waals surface area contributed by atoms with Crippen LogP contribution in [-0.4, -0.2) is 26.2 Å². The maximum absolute atomic E-state index is 6.28. The summed E-state index contributed by atoms with van der Waals surface area (Å²) in [4.78, 5) is 2.45. The quantitative estimate of drug-likeness (QED) is 0.837. The van der Waals surface area contributed by atoms with Crippen molar-refractivity contribution in [3.05, 3.63) is 29.3 Å². The SMILES string of the molecule is Clc1ccccc1N1CCC2(CCNCC2)CC1. The van der Waals surface area contributed by atoms with E-state index in [-0.39, 0.29) is 0 Å². The highest BCUT2D eigenvalue weighted by Gasteiger charge is 2.35. The van der Waals surface area contributed by atoms with E-state index in [1.165, 1.54) is 44.5 Å². The Morgan fingerprint density at radius 2 is 1.67 bits per heavy atom. The molecule has 0 saturated carbocycles. The number of rotatable bonds is 1. The molecule has 98 valence electrons. The molecule has 0 unspecified atom stereocenters. The molecule has 1 aromatic carbocycles. The van der Waals surface area contributed by atoms with Crippen molar-refractivity contribution >= 4 is 17.3 Å². The van der Waals surface area contributed by atoms with Gasteiger partial charge in [0.25, 0.3) is 0 Å². The molecule has 0 atom stereocenters. The van der Waals surface area contributed by atoms with Crippen molar-refractivity contribution in [3.8, 4) is 0 Å². The zero-order valence-electron chi connectivity index (χ0n) is 10.8. The Labute approximate surface area is 114 Å². The van der Waals surface area contributed by atoms with E-state index in [0.29, 0.717) is 5.41 Å². The van der Waals surface area contributed by atoms with Gasteiger partial charge < -0.3 is 10.2 Å². The van der Waals surface area contributed by atoms with Gasteiger partial charge in [-0.15, -0.1) is 0 Å². The molecule has 0 bridgehead atoms. The first-order chi connectivity index (χ1) is 8.79. The highest BCUT2D eigenvalue weighted by Crippen LogP contribution is 2.41. The van der Waals surface area contributed by atoms with Crippen LogP contribution in [0.15, 0.2) is 24.3 Å². The molecular weight excluding hydrogens is 244 g/mol. The summed E-state index contributed by atoms with van der Waals surface area (Å²) < 4.78 is 0. The third-order valence-electron chi connectivity index (χ3n) is 4.68. The van der Waals surface area contributed by atoms with Gasteiger partial charge in [0.05, 0.1) is 10.7 Å². The van der Waals surface area contributed by atoms with Crippen LogP contribution in [0.5, 0.6) is 0 Å². The van der Waals surface area contributed by atoms with Crippen LogP contribution in [0.1, 0.15) is 25.7 Å². The number of hydrogen-bond acceptors (Lipinski definition) is 2. The molecule has 1 spiro atoms. The Bertz CT molecular complexity index is 403. The lowest BCUT2D eigenvalue weighted by atomic mass is 9.71. The smallest absolute Gasteiger partial charge is 0.0639 e. The van der Waals surface area contributed by atoms with E-state index in [0.717, 1.165) is 18.1 Å². The van der Waals surface area contributed by atoms with Crippen LogP contribution in [0.25, 0.3) is 0 Å². The predicted octanol–water partition coefficient (Wildman–Crippen LogP) is 3.31. The maximum atomic E-state index is 6.28. The van der Waals surface area contributed by atoms with E-state index in [4.69, 9.17) is 11.6 Å². The van der Waals surface area contributed by atoms with Crippen LogP contribution in [0, 0.1) is 5.41 Å². The number of hydrogen-bond donors (Lipinski definition) is 1. The van der Waals surface area contributed by atoms with Crippen molar-refractivity contribution in [1.29, 1.82) is 0 Å². The lowest BCUT2D eigenvalue weighted by Gasteiger charge is -2.45. The van der Waals surface area contributed by atoms with Gasteiger partial charge in [0.15, 0.2) is 0 Å². The van der Waals surface area contributed by atoms with Gasteiger partial charge in [-0.2, -0.15) is 0 Å². The molecule has 2 saturated heterocycles. The van der Waals surface area contributed by atoms with Gasteiger partial charge in [0.2, 0.25) is 0 Å². The number of anilines is 1. The highest BCUT2D eigenvalue weighted by atomic mass is 35.5. The predicted molar refractivity (Wildman–Crippen MR) is 77.4 cm³/mol. The summed E-state index contributed by atoms with van der Waals surface area (Å²) in [5.74, 6) is 0. The normalized spacial score (nSPS) is 23.3. The number of piperidine rings is 2.